The summed E-state index contributed by atoms with van der Waals surface area (Å²) in [5.74, 6) is 2.82. The van der Waals surface area contributed by atoms with Crippen LogP contribution in [0.4, 0.5) is 0 Å². The number of H-pyrrole nitrogens is 1. The smallest absolute Gasteiger partial charge is 0.244 e. The molecule has 1 amide bonds. The van der Waals surface area contributed by atoms with Gasteiger partial charge in [-0.1, -0.05) is 40.0 Å². The van der Waals surface area contributed by atoms with E-state index >= 15 is 0 Å². The van der Waals surface area contributed by atoms with Crippen LogP contribution in [0.3, 0.4) is 0 Å². The highest BCUT2D eigenvalue weighted by Gasteiger charge is 2.08. The molecule has 0 unspecified atom stereocenters. The van der Waals surface area contributed by atoms with Crippen molar-refractivity contribution in [1.29, 1.82) is 0 Å². The van der Waals surface area contributed by atoms with Gasteiger partial charge in [0.2, 0.25) is 5.91 Å². The fraction of sp³-hybridized carbons (Fsp3) is 0.100. The molecule has 0 spiro atoms. The standard InChI is InChI=1S/C20H16BrN3O2/c1-2-9-26-19-8-7-16(21)10-15(19)13-23-24-20(25)11-14-12-22-18-6-4-3-5-17(14)18/h1,3-8,10,12-13,22H,9,11H2,(H,24,25)/b23-13-. The highest BCUT2D eigenvalue weighted by molar-refractivity contribution is 9.10. The quantitative estimate of drug-likeness (QED) is 0.370. The number of nitrogens with one attached hydrogen (secondary N) is 2. The molecule has 0 aliphatic carbocycles. The molecule has 0 atom stereocenters. The van der Waals surface area contributed by atoms with Gasteiger partial charge in [0, 0.05) is 27.1 Å². The second kappa shape index (κ2) is 8.37. The number of hydrazone groups is 1. The average molecular weight is 410 g/mol. The minimum absolute atomic E-state index is 0.162. The molecule has 0 bridgehead atoms. The van der Waals surface area contributed by atoms with Gasteiger partial charge >= 0.3 is 0 Å². The second-order valence-electron chi connectivity index (χ2n) is 5.50. The Balaban J connectivity index is 1.66. The number of benzene rings is 2. The molecule has 26 heavy (non-hydrogen) atoms. The van der Waals surface area contributed by atoms with Crippen LogP contribution in [0.25, 0.3) is 10.9 Å². The van der Waals surface area contributed by atoms with E-state index in [9.17, 15) is 4.79 Å². The minimum Gasteiger partial charge on any atom is -0.480 e. The highest BCUT2D eigenvalue weighted by atomic mass is 79.9. The summed E-state index contributed by atoms with van der Waals surface area (Å²) in [7, 11) is 0. The second-order valence-corrected chi connectivity index (χ2v) is 6.42. The van der Waals surface area contributed by atoms with Crippen LogP contribution in [0.1, 0.15) is 11.1 Å². The van der Waals surface area contributed by atoms with E-state index in [2.05, 4.69) is 37.4 Å². The Hall–Kier alpha value is -3.04. The van der Waals surface area contributed by atoms with Crippen molar-refractivity contribution in [3.05, 3.63) is 64.3 Å². The summed E-state index contributed by atoms with van der Waals surface area (Å²) >= 11 is 3.40. The van der Waals surface area contributed by atoms with Crippen LogP contribution < -0.4 is 10.2 Å². The zero-order valence-electron chi connectivity index (χ0n) is 13.8. The average Bonchev–Trinajstić information content (AvgIpc) is 3.04. The first kappa shape index (κ1) is 17.8. The van der Waals surface area contributed by atoms with Crippen molar-refractivity contribution in [3.63, 3.8) is 0 Å². The van der Waals surface area contributed by atoms with Gasteiger partial charge in [-0.25, -0.2) is 5.43 Å². The zero-order valence-corrected chi connectivity index (χ0v) is 15.4. The summed E-state index contributed by atoms with van der Waals surface area (Å²) in [6, 6.07) is 13.3. The maximum Gasteiger partial charge on any atom is 0.244 e. The van der Waals surface area contributed by atoms with Gasteiger partial charge < -0.3 is 9.72 Å². The number of nitrogens with zero attached hydrogens (tertiary/aromatic N) is 1. The number of rotatable bonds is 6. The lowest BCUT2D eigenvalue weighted by atomic mass is 10.1. The number of aromatic nitrogens is 1. The molecule has 3 rings (SSSR count). The normalized spacial score (nSPS) is 10.8. The maximum absolute atomic E-state index is 12.2. The monoisotopic (exact) mass is 409 g/mol. The van der Waals surface area contributed by atoms with Crippen molar-refractivity contribution >= 4 is 39.0 Å². The van der Waals surface area contributed by atoms with E-state index in [4.69, 9.17) is 11.2 Å². The summed E-state index contributed by atoms with van der Waals surface area (Å²) in [6.45, 7) is 0.162. The van der Waals surface area contributed by atoms with Crippen LogP contribution in [0.15, 0.2) is 58.2 Å². The van der Waals surface area contributed by atoms with E-state index in [0.717, 1.165) is 20.9 Å². The van der Waals surface area contributed by atoms with Gasteiger partial charge in [0.1, 0.15) is 12.4 Å². The summed E-state index contributed by atoms with van der Waals surface area (Å²) in [5, 5.41) is 5.06. The van der Waals surface area contributed by atoms with Crippen LogP contribution in [0, 0.1) is 12.3 Å². The number of aromatic amines is 1. The SMILES string of the molecule is C#CCOc1ccc(Br)cc1/C=N\NC(=O)Cc1c[nH]c2ccccc12. The number of carbonyl (C=O) groups is 1. The molecular weight excluding hydrogens is 394 g/mol. The molecule has 0 radical (unpaired) electrons. The number of para-hydroxylation sites is 1. The van der Waals surface area contributed by atoms with Gasteiger partial charge in [0.05, 0.1) is 12.6 Å². The summed E-state index contributed by atoms with van der Waals surface area (Å²) in [5.41, 5.74) is 5.18. The number of ether oxygens (including phenoxy) is 1. The molecule has 3 aromatic rings. The Kier molecular flexibility index (Phi) is 5.72. The van der Waals surface area contributed by atoms with Crippen molar-refractivity contribution in [1.82, 2.24) is 10.4 Å². The Morgan fingerprint density at radius 2 is 2.19 bits per heavy atom. The van der Waals surface area contributed by atoms with E-state index in [1.165, 1.54) is 6.21 Å². The Morgan fingerprint density at radius 3 is 3.04 bits per heavy atom. The molecule has 6 heteroatoms. The van der Waals surface area contributed by atoms with Crippen LogP contribution in [0.2, 0.25) is 0 Å². The van der Waals surface area contributed by atoms with Gasteiger partial charge in [-0.3, -0.25) is 4.79 Å². The third-order valence-corrected chi connectivity index (χ3v) is 4.19. The van der Waals surface area contributed by atoms with Crippen LogP contribution in [0.5, 0.6) is 5.75 Å². The lowest BCUT2D eigenvalue weighted by molar-refractivity contribution is -0.120. The third-order valence-electron chi connectivity index (χ3n) is 3.70. The van der Waals surface area contributed by atoms with E-state index < -0.39 is 0 Å². The summed E-state index contributed by atoms with van der Waals surface area (Å²) in [4.78, 5) is 15.3. The first-order valence-corrected chi connectivity index (χ1v) is 8.69. The Morgan fingerprint density at radius 1 is 1.35 bits per heavy atom. The number of hydrogen-bond donors (Lipinski definition) is 2. The lowest BCUT2D eigenvalue weighted by Crippen LogP contribution is -2.19. The Bertz CT molecular complexity index is 1000. The van der Waals surface area contributed by atoms with Gasteiger partial charge in [0.25, 0.3) is 0 Å². The first-order valence-electron chi connectivity index (χ1n) is 7.90. The fourth-order valence-electron chi connectivity index (χ4n) is 2.54. The van der Waals surface area contributed by atoms with Crippen molar-refractivity contribution in [2.75, 3.05) is 6.61 Å². The van der Waals surface area contributed by atoms with Crippen LogP contribution in [-0.2, 0) is 11.2 Å². The predicted octanol–water partition coefficient (Wildman–Crippen LogP) is 3.64. The minimum atomic E-state index is -0.202. The van der Waals surface area contributed by atoms with Crippen molar-refractivity contribution in [3.8, 4) is 18.1 Å². The van der Waals surface area contributed by atoms with Gasteiger partial charge in [-0.2, -0.15) is 5.10 Å². The highest BCUT2D eigenvalue weighted by Crippen LogP contribution is 2.22. The number of hydrogen-bond acceptors (Lipinski definition) is 3. The van der Waals surface area contributed by atoms with Crippen molar-refractivity contribution < 1.29 is 9.53 Å². The topological polar surface area (TPSA) is 66.5 Å². The van der Waals surface area contributed by atoms with Gasteiger partial charge in [-0.05, 0) is 29.8 Å². The molecule has 0 aliphatic rings. The number of halogens is 1. The summed E-state index contributed by atoms with van der Waals surface area (Å²) in [6.07, 6.45) is 8.83. The third kappa shape index (κ3) is 4.32. The predicted molar refractivity (Wildman–Crippen MR) is 106 cm³/mol. The molecule has 0 aliphatic heterocycles. The van der Waals surface area contributed by atoms with E-state index in [1.807, 2.05) is 42.6 Å². The molecule has 0 fully saturated rings. The van der Waals surface area contributed by atoms with E-state index in [1.54, 1.807) is 6.07 Å². The number of carbonyl (C=O) groups excluding carboxylic acids is 1. The largest absolute Gasteiger partial charge is 0.480 e. The number of terminal acetylenes is 1. The van der Waals surface area contributed by atoms with Crippen molar-refractivity contribution in [2.24, 2.45) is 5.10 Å². The Labute approximate surface area is 159 Å². The van der Waals surface area contributed by atoms with Crippen molar-refractivity contribution in [2.45, 2.75) is 6.42 Å². The first-order chi connectivity index (χ1) is 12.7. The molecule has 2 aromatic carbocycles. The molecule has 1 heterocycles. The van der Waals surface area contributed by atoms with Crippen LogP contribution in [-0.4, -0.2) is 23.7 Å². The molecule has 0 saturated carbocycles. The zero-order chi connectivity index (χ0) is 18.4. The van der Waals surface area contributed by atoms with Crippen LogP contribution >= 0.6 is 15.9 Å². The molecule has 2 N–H and O–H groups in total. The molecular formula is C20H16BrN3O2. The molecule has 0 saturated heterocycles. The molecule has 130 valence electrons. The molecule has 1 aromatic heterocycles. The van der Waals surface area contributed by atoms with Gasteiger partial charge in [-0.15, -0.1) is 6.42 Å². The lowest BCUT2D eigenvalue weighted by Gasteiger charge is -2.06. The summed E-state index contributed by atoms with van der Waals surface area (Å²) < 4.78 is 6.34. The maximum atomic E-state index is 12.2. The fourth-order valence-corrected chi connectivity index (χ4v) is 2.91. The number of amides is 1. The number of fused-ring (bicyclic) bond motifs is 1. The molecule has 5 nitrogen and oxygen atoms in total. The van der Waals surface area contributed by atoms with E-state index in [0.29, 0.717) is 11.3 Å². The van der Waals surface area contributed by atoms with E-state index in [-0.39, 0.29) is 18.9 Å². The van der Waals surface area contributed by atoms with Gasteiger partial charge in [0.15, 0.2) is 0 Å².